The molecular weight excluding hydrogens is 379 g/mol. The third-order valence-corrected chi connectivity index (χ3v) is 3.94. The standard InChI is InChI=1S/C17H17FN2O8/c18-9-6-19-17(26-7-8-4-2-1-3-5-8)20-14(9)28-16-12(23)10(21)11(22)13(27-16)15(24)25/h1-6,10-13,16,21-23H,7H2,(H,24,25)/t10-,11-,12+,13-,16-/m0/s1. The number of ether oxygens (including phenoxy) is 3. The van der Waals surface area contributed by atoms with Gasteiger partial charge < -0.3 is 34.6 Å². The van der Waals surface area contributed by atoms with E-state index in [-0.39, 0.29) is 12.6 Å². The maximum atomic E-state index is 14.0. The van der Waals surface area contributed by atoms with E-state index in [0.717, 1.165) is 11.8 Å². The van der Waals surface area contributed by atoms with Crippen molar-refractivity contribution in [2.45, 2.75) is 37.3 Å². The minimum atomic E-state index is -1.90. The number of aliphatic hydroxyl groups excluding tert-OH is 3. The zero-order valence-electron chi connectivity index (χ0n) is 14.3. The molecule has 0 radical (unpaired) electrons. The summed E-state index contributed by atoms with van der Waals surface area (Å²) in [5.41, 5.74) is 0.810. The summed E-state index contributed by atoms with van der Waals surface area (Å²) in [5, 5.41) is 38.4. The highest BCUT2D eigenvalue weighted by molar-refractivity contribution is 5.73. The smallest absolute Gasteiger partial charge is 0.335 e. The number of carbonyl (C=O) groups is 1. The van der Waals surface area contributed by atoms with E-state index in [9.17, 15) is 24.5 Å². The largest absolute Gasteiger partial charge is 0.479 e. The van der Waals surface area contributed by atoms with Gasteiger partial charge in [-0.1, -0.05) is 30.3 Å². The Morgan fingerprint density at radius 1 is 1.14 bits per heavy atom. The first kappa shape index (κ1) is 19.9. The van der Waals surface area contributed by atoms with Crippen molar-refractivity contribution >= 4 is 5.97 Å². The molecule has 0 aliphatic carbocycles. The molecule has 1 aromatic heterocycles. The van der Waals surface area contributed by atoms with Crippen LogP contribution in [-0.2, 0) is 16.1 Å². The van der Waals surface area contributed by atoms with Crippen LogP contribution in [-0.4, -0.2) is 67.1 Å². The van der Waals surface area contributed by atoms with E-state index in [0.29, 0.717) is 0 Å². The number of halogens is 1. The zero-order valence-corrected chi connectivity index (χ0v) is 14.3. The van der Waals surface area contributed by atoms with E-state index < -0.39 is 48.4 Å². The van der Waals surface area contributed by atoms with Crippen molar-refractivity contribution in [3.8, 4) is 11.9 Å². The van der Waals surface area contributed by atoms with E-state index in [1.54, 1.807) is 24.3 Å². The Labute approximate surface area is 157 Å². The number of hydrogen-bond acceptors (Lipinski definition) is 9. The van der Waals surface area contributed by atoms with Crippen LogP contribution in [0.3, 0.4) is 0 Å². The predicted molar refractivity (Wildman–Crippen MR) is 87.7 cm³/mol. The van der Waals surface area contributed by atoms with Crippen molar-refractivity contribution in [3.63, 3.8) is 0 Å². The Balaban J connectivity index is 1.73. The number of nitrogens with zero attached hydrogens (tertiary/aromatic N) is 2. The second kappa shape index (κ2) is 8.44. The predicted octanol–water partition coefficient (Wildman–Crippen LogP) is -0.534. The van der Waals surface area contributed by atoms with Gasteiger partial charge in [-0.3, -0.25) is 0 Å². The van der Waals surface area contributed by atoms with Crippen molar-refractivity contribution in [1.29, 1.82) is 0 Å². The van der Waals surface area contributed by atoms with Crippen molar-refractivity contribution in [2.75, 3.05) is 0 Å². The lowest BCUT2D eigenvalue weighted by Crippen LogP contribution is -2.61. The van der Waals surface area contributed by atoms with Crippen LogP contribution in [0.15, 0.2) is 36.5 Å². The summed E-state index contributed by atoms with van der Waals surface area (Å²) in [7, 11) is 0. The Hall–Kier alpha value is -2.86. The number of aromatic nitrogens is 2. The molecule has 150 valence electrons. The third kappa shape index (κ3) is 4.34. The zero-order chi connectivity index (χ0) is 20.3. The van der Waals surface area contributed by atoms with Crippen LogP contribution in [0.2, 0.25) is 0 Å². The molecule has 1 aromatic carbocycles. The van der Waals surface area contributed by atoms with Crippen molar-refractivity contribution < 1.29 is 43.8 Å². The third-order valence-electron chi connectivity index (χ3n) is 3.94. The van der Waals surface area contributed by atoms with Crippen LogP contribution in [0.25, 0.3) is 0 Å². The molecule has 5 atom stereocenters. The monoisotopic (exact) mass is 396 g/mol. The van der Waals surface area contributed by atoms with Gasteiger partial charge >= 0.3 is 12.0 Å². The highest BCUT2D eigenvalue weighted by Crippen LogP contribution is 2.25. The quantitative estimate of drug-likeness (QED) is 0.501. The summed E-state index contributed by atoms with van der Waals surface area (Å²) in [6.07, 6.45) is -8.56. The summed E-state index contributed by atoms with van der Waals surface area (Å²) >= 11 is 0. The SMILES string of the molecule is O=C(O)[C@H]1O[C@@H](Oc2nc(OCc3ccccc3)ncc2F)[C@H](O)[C@@H](O)[C@@H]1O. The Bertz CT molecular complexity index is 824. The molecule has 28 heavy (non-hydrogen) atoms. The molecule has 2 heterocycles. The van der Waals surface area contributed by atoms with Gasteiger partial charge in [-0.15, -0.1) is 0 Å². The van der Waals surface area contributed by atoms with Gasteiger partial charge in [0.05, 0.1) is 6.20 Å². The van der Waals surface area contributed by atoms with Crippen LogP contribution in [0.5, 0.6) is 11.9 Å². The van der Waals surface area contributed by atoms with Crippen molar-refractivity contribution in [2.24, 2.45) is 0 Å². The van der Waals surface area contributed by atoms with Gasteiger partial charge in [0.2, 0.25) is 12.1 Å². The van der Waals surface area contributed by atoms with E-state index in [2.05, 4.69) is 9.97 Å². The Morgan fingerprint density at radius 3 is 2.54 bits per heavy atom. The summed E-state index contributed by atoms with van der Waals surface area (Å²) in [4.78, 5) is 18.5. The van der Waals surface area contributed by atoms with Crippen LogP contribution in [0.4, 0.5) is 4.39 Å². The lowest BCUT2D eigenvalue weighted by atomic mass is 9.99. The molecule has 11 heteroatoms. The molecule has 3 rings (SSSR count). The van der Waals surface area contributed by atoms with Gasteiger partial charge in [0.1, 0.15) is 24.9 Å². The first-order valence-electron chi connectivity index (χ1n) is 8.15. The summed E-state index contributed by atoms with van der Waals surface area (Å²) in [5.74, 6) is -3.31. The van der Waals surface area contributed by atoms with Crippen LogP contribution in [0.1, 0.15) is 5.56 Å². The molecule has 0 bridgehead atoms. The van der Waals surface area contributed by atoms with Gasteiger partial charge in [0.15, 0.2) is 6.10 Å². The topological polar surface area (TPSA) is 151 Å². The molecule has 10 nitrogen and oxygen atoms in total. The first-order valence-corrected chi connectivity index (χ1v) is 8.15. The van der Waals surface area contributed by atoms with E-state index >= 15 is 0 Å². The second-order valence-corrected chi connectivity index (χ2v) is 5.93. The molecular formula is C17H17FN2O8. The fourth-order valence-electron chi connectivity index (χ4n) is 2.47. The number of benzene rings is 1. The number of aliphatic carboxylic acids is 1. The lowest BCUT2D eigenvalue weighted by molar-refractivity contribution is -0.272. The summed E-state index contributed by atoms with van der Waals surface area (Å²) in [6.45, 7) is 0.0977. The molecule has 2 aromatic rings. The molecule has 1 saturated heterocycles. The van der Waals surface area contributed by atoms with Gasteiger partial charge in [-0.25, -0.2) is 9.78 Å². The fourth-order valence-corrected chi connectivity index (χ4v) is 2.47. The molecule has 0 saturated carbocycles. The van der Waals surface area contributed by atoms with Gasteiger partial charge in [-0.2, -0.15) is 9.37 Å². The molecule has 0 spiro atoms. The number of rotatable bonds is 6. The van der Waals surface area contributed by atoms with Crippen LogP contribution in [0, 0.1) is 5.82 Å². The number of hydrogen-bond donors (Lipinski definition) is 4. The second-order valence-electron chi connectivity index (χ2n) is 5.93. The van der Waals surface area contributed by atoms with Crippen LogP contribution < -0.4 is 9.47 Å². The lowest BCUT2D eigenvalue weighted by Gasteiger charge is -2.38. The average Bonchev–Trinajstić information content (AvgIpc) is 2.69. The highest BCUT2D eigenvalue weighted by Gasteiger charge is 2.48. The maximum absolute atomic E-state index is 14.0. The number of carboxylic acid groups (broad SMARTS) is 1. The number of carboxylic acids is 1. The Kier molecular flexibility index (Phi) is 5.99. The van der Waals surface area contributed by atoms with E-state index in [1.807, 2.05) is 6.07 Å². The first-order chi connectivity index (χ1) is 13.4. The van der Waals surface area contributed by atoms with Crippen molar-refractivity contribution in [1.82, 2.24) is 9.97 Å². The summed E-state index contributed by atoms with van der Waals surface area (Å²) < 4.78 is 29.3. The molecule has 1 aliphatic heterocycles. The number of aliphatic hydroxyl groups is 3. The normalized spacial score (nSPS) is 27.2. The molecule has 1 aliphatic rings. The van der Waals surface area contributed by atoms with E-state index in [4.69, 9.17) is 19.3 Å². The van der Waals surface area contributed by atoms with Gasteiger partial charge in [-0.05, 0) is 5.56 Å². The fraction of sp³-hybridized carbons (Fsp3) is 0.353. The van der Waals surface area contributed by atoms with E-state index in [1.165, 1.54) is 0 Å². The highest BCUT2D eigenvalue weighted by atomic mass is 19.1. The molecule has 0 unspecified atom stereocenters. The maximum Gasteiger partial charge on any atom is 0.335 e. The van der Waals surface area contributed by atoms with Gasteiger partial charge in [0.25, 0.3) is 5.88 Å². The average molecular weight is 396 g/mol. The summed E-state index contributed by atoms with van der Waals surface area (Å²) in [6, 6.07) is 8.80. The Morgan fingerprint density at radius 2 is 1.86 bits per heavy atom. The molecule has 1 fully saturated rings. The minimum absolute atomic E-state index is 0.0977. The van der Waals surface area contributed by atoms with Crippen molar-refractivity contribution in [3.05, 3.63) is 47.9 Å². The minimum Gasteiger partial charge on any atom is -0.479 e. The molecule has 0 amide bonds. The van der Waals surface area contributed by atoms with Crippen LogP contribution >= 0.6 is 0 Å². The van der Waals surface area contributed by atoms with Gasteiger partial charge in [0, 0.05) is 0 Å². The molecule has 4 N–H and O–H groups in total.